The SMILES string of the molecule is CCC(=O)C1(C)OC(C)(C)OC1C(C)COC(=O)C(C)(C)C. The normalized spacial score (nSPS) is 29.2. The first-order chi connectivity index (χ1) is 9.83. The monoisotopic (exact) mass is 314 g/mol. The van der Waals surface area contributed by atoms with E-state index in [1.165, 1.54) is 0 Å². The molecule has 0 aromatic heterocycles. The number of hydrogen-bond donors (Lipinski definition) is 0. The minimum atomic E-state index is -1.01. The molecule has 0 aromatic rings. The van der Waals surface area contributed by atoms with Crippen LogP contribution in [0.1, 0.15) is 61.8 Å². The second-order valence-electron chi connectivity index (χ2n) is 7.75. The molecule has 1 fully saturated rings. The van der Waals surface area contributed by atoms with Gasteiger partial charge in [-0.05, 0) is 41.5 Å². The van der Waals surface area contributed by atoms with E-state index in [0.717, 1.165) is 0 Å². The highest BCUT2D eigenvalue weighted by Gasteiger charge is 2.55. The lowest BCUT2D eigenvalue weighted by atomic mass is 9.85. The number of Topliss-reactive ketones (excluding diaryl/α,β-unsaturated/α-hetero) is 1. The third-order valence-electron chi connectivity index (χ3n) is 3.89. The number of ketones is 1. The van der Waals surface area contributed by atoms with Crippen LogP contribution in [-0.2, 0) is 23.8 Å². The Bertz CT molecular complexity index is 435. The number of carbonyl (C=O) groups excluding carboxylic acids is 2. The Balaban J connectivity index is 2.83. The van der Waals surface area contributed by atoms with E-state index >= 15 is 0 Å². The van der Waals surface area contributed by atoms with Gasteiger partial charge in [0.15, 0.2) is 17.2 Å². The van der Waals surface area contributed by atoms with Gasteiger partial charge in [-0.2, -0.15) is 0 Å². The number of rotatable bonds is 5. The molecule has 0 saturated carbocycles. The highest BCUT2D eigenvalue weighted by atomic mass is 16.8. The molecule has 0 aliphatic carbocycles. The molecular weight excluding hydrogens is 284 g/mol. The molecule has 5 nitrogen and oxygen atoms in total. The fourth-order valence-electron chi connectivity index (χ4n) is 2.75. The molecule has 0 bridgehead atoms. The first-order valence-electron chi connectivity index (χ1n) is 7.92. The molecule has 1 rings (SSSR count). The molecular formula is C17H30O5. The highest BCUT2D eigenvalue weighted by Crippen LogP contribution is 2.41. The number of ether oxygens (including phenoxy) is 3. The Hall–Kier alpha value is -0.940. The topological polar surface area (TPSA) is 61.8 Å². The predicted octanol–water partition coefficient (Wildman–Crippen LogP) is 3.10. The van der Waals surface area contributed by atoms with Crippen LogP contribution in [0.5, 0.6) is 0 Å². The first kappa shape index (κ1) is 19.1. The molecule has 1 heterocycles. The van der Waals surface area contributed by atoms with E-state index in [0.29, 0.717) is 6.42 Å². The van der Waals surface area contributed by atoms with Crippen LogP contribution < -0.4 is 0 Å². The lowest BCUT2D eigenvalue weighted by Crippen LogP contribution is -2.48. The van der Waals surface area contributed by atoms with E-state index in [1.54, 1.807) is 20.8 Å². The third-order valence-corrected chi connectivity index (χ3v) is 3.89. The van der Waals surface area contributed by atoms with Gasteiger partial charge in [0.05, 0.1) is 12.0 Å². The van der Waals surface area contributed by atoms with Crippen LogP contribution in [0.25, 0.3) is 0 Å². The molecule has 3 atom stereocenters. The number of hydrogen-bond acceptors (Lipinski definition) is 5. The maximum atomic E-state index is 12.3. The molecule has 1 aliphatic rings. The number of esters is 1. The van der Waals surface area contributed by atoms with Crippen molar-refractivity contribution in [1.29, 1.82) is 0 Å². The summed E-state index contributed by atoms with van der Waals surface area (Å²) < 4.78 is 17.2. The van der Waals surface area contributed by atoms with Gasteiger partial charge in [0.25, 0.3) is 0 Å². The predicted molar refractivity (Wildman–Crippen MR) is 83.3 cm³/mol. The van der Waals surface area contributed by atoms with Crippen LogP contribution in [0.2, 0.25) is 0 Å². The summed E-state index contributed by atoms with van der Waals surface area (Å²) in [4.78, 5) is 24.2. The van der Waals surface area contributed by atoms with Crippen molar-refractivity contribution in [2.24, 2.45) is 11.3 Å². The quantitative estimate of drug-likeness (QED) is 0.730. The fraction of sp³-hybridized carbons (Fsp3) is 0.882. The molecule has 5 heteroatoms. The molecule has 3 unspecified atom stereocenters. The van der Waals surface area contributed by atoms with Crippen molar-refractivity contribution in [3.63, 3.8) is 0 Å². The molecule has 0 N–H and O–H groups in total. The van der Waals surface area contributed by atoms with Gasteiger partial charge in [-0.3, -0.25) is 9.59 Å². The Morgan fingerprint density at radius 2 is 1.77 bits per heavy atom. The van der Waals surface area contributed by atoms with Gasteiger partial charge in [-0.1, -0.05) is 13.8 Å². The van der Waals surface area contributed by atoms with Crippen molar-refractivity contribution in [2.45, 2.75) is 79.3 Å². The summed E-state index contributed by atoms with van der Waals surface area (Å²) in [6, 6.07) is 0. The van der Waals surface area contributed by atoms with Gasteiger partial charge in [0, 0.05) is 12.3 Å². The second kappa shape index (κ2) is 6.28. The Morgan fingerprint density at radius 1 is 1.23 bits per heavy atom. The van der Waals surface area contributed by atoms with E-state index < -0.39 is 22.9 Å². The van der Waals surface area contributed by atoms with Crippen LogP contribution in [0.4, 0.5) is 0 Å². The van der Waals surface area contributed by atoms with E-state index in [1.807, 2.05) is 34.6 Å². The highest BCUT2D eigenvalue weighted by molar-refractivity contribution is 5.87. The van der Waals surface area contributed by atoms with Gasteiger partial charge < -0.3 is 14.2 Å². The summed E-state index contributed by atoms with van der Waals surface area (Å²) in [6.07, 6.45) is -0.0660. The first-order valence-corrected chi connectivity index (χ1v) is 7.92. The van der Waals surface area contributed by atoms with Crippen LogP contribution in [0.15, 0.2) is 0 Å². The lowest BCUT2D eigenvalue weighted by molar-refractivity contribution is -0.170. The average molecular weight is 314 g/mol. The molecule has 0 spiro atoms. The fourth-order valence-corrected chi connectivity index (χ4v) is 2.75. The molecule has 0 amide bonds. The summed E-state index contributed by atoms with van der Waals surface area (Å²) in [5.74, 6) is -1.24. The van der Waals surface area contributed by atoms with E-state index in [-0.39, 0.29) is 24.3 Å². The van der Waals surface area contributed by atoms with Crippen LogP contribution in [0, 0.1) is 11.3 Å². The van der Waals surface area contributed by atoms with Gasteiger partial charge >= 0.3 is 5.97 Å². The van der Waals surface area contributed by atoms with Gasteiger partial charge in [-0.25, -0.2) is 0 Å². The van der Waals surface area contributed by atoms with Gasteiger partial charge in [0.1, 0.15) is 6.10 Å². The molecule has 22 heavy (non-hydrogen) atoms. The maximum absolute atomic E-state index is 12.3. The maximum Gasteiger partial charge on any atom is 0.311 e. The minimum Gasteiger partial charge on any atom is -0.465 e. The van der Waals surface area contributed by atoms with Crippen LogP contribution in [-0.4, -0.2) is 35.9 Å². The van der Waals surface area contributed by atoms with E-state index in [2.05, 4.69) is 0 Å². The van der Waals surface area contributed by atoms with Crippen molar-refractivity contribution in [3.05, 3.63) is 0 Å². The van der Waals surface area contributed by atoms with Crippen molar-refractivity contribution in [1.82, 2.24) is 0 Å². The van der Waals surface area contributed by atoms with Crippen LogP contribution in [0.3, 0.4) is 0 Å². The molecule has 0 radical (unpaired) electrons. The summed E-state index contributed by atoms with van der Waals surface area (Å²) in [5.41, 5.74) is -1.56. The van der Waals surface area contributed by atoms with Gasteiger partial charge in [0.2, 0.25) is 0 Å². The van der Waals surface area contributed by atoms with Crippen molar-refractivity contribution < 1.29 is 23.8 Å². The molecule has 128 valence electrons. The minimum absolute atomic E-state index is 0.00271. The third kappa shape index (κ3) is 4.07. The summed E-state index contributed by atoms with van der Waals surface area (Å²) in [6.45, 7) is 14.7. The van der Waals surface area contributed by atoms with E-state index in [9.17, 15) is 9.59 Å². The standard InChI is InChI=1S/C17H30O5/c1-9-12(18)17(8)13(21-16(6,7)22-17)11(2)10-20-14(19)15(3,4)5/h11,13H,9-10H2,1-8H3. The van der Waals surface area contributed by atoms with E-state index in [4.69, 9.17) is 14.2 Å². The van der Waals surface area contributed by atoms with Crippen LogP contribution >= 0.6 is 0 Å². The Kier molecular flexibility index (Phi) is 5.46. The summed E-state index contributed by atoms with van der Waals surface area (Å²) in [7, 11) is 0. The van der Waals surface area contributed by atoms with Crippen molar-refractivity contribution in [3.8, 4) is 0 Å². The number of carbonyl (C=O) groups is 2. The zero-order valence-corrected chi connectivity index (χ0v) is 15.1. The lowest BCUT2D eigenvalue weighted by Gasteiger charge is -2.31. The molecule has 1 aliphatic heterocycles. The Labute approximate surface area is 133 Å². The van der Waals surface area contributed by atoms with Crippen molar-refractivity contribution >= 4 is 11.8 Å². The smallest absolute Gasteiger partial charge is 0.311 e. The largest absolute Gasteiger partial charge is 0.465 e. The van der Waals surface area contributed by atoms with Crippen molar-refractivity contribution in [2.75, 3.05) is 6.61 Å². The zero-order valence-electron chi connectivity index (χ0n) is 15.1. The zero-order chi connectivity index (χ0) is 17.3. The second-order valence-corrected chi connectivity index (χ2v) is 7.75. The average Bonchev–Trinajstić information content (AvgIpc) is 2.64. The van der Waals surface area contributed by atoms with Gasteiger partial charge in [-0.15, -0.1) is 0 Å². The Morgan fingerprint density at radius 3 is 2.23 bits per heavy atom. The summed E-state index contributed by atoms with van der Waals surface area (Å²) >= 11 is 0. The molecule has 1 saturated heterocycles. The molecule has 0 aromatic carbocycles. The summed E-state index contributed by atoms with van der Waals surface area (Å²) in [5, 5.41) is 0.